The topological polar surface area (TPSA) is 80.8 Å². The highest BCUT2D eigenvalue weighted by Crippen LogP contribution is 2.17. The highest BCUT2D eigenvalue weighted by molar-refractivity contribution is 7.91. The van der Waals surface area contributed by atoms with Gasteiger partial charge < -0.3 is 9.64 Å². The van der Waals surface area contributed by atoms with Crippen LogP contribution in [-0.4, -0.2) is 56.4 Å². The molecule has 1 atom stereocenters. The predicted molar refractivity (Wildman–Crippen MR) is 65.7 cm³/mol. The molecule has 0 N–H and O–H groups in total. The number of hydrogen-bond donors (Lipinski definition) is 0. The molecule has 1 unspecified atom stereocenters. The van der Waals surface area contributed by atoms with Crippen LogP contribution in [0.2, 0.25) is 0 Å². The maximum atomic E-state index is 11.8. The van der Waals surface area contributed by atoms with E-state index in [2.05, 4.69) is 0 Å². The van der Waals surface area contributed by atoms with Gasteiger partial charge in [-0.3, -0.25) is 9.59 Å². The molecule has 0 radical (unpaired) electrons. The van der Waals surface area contributed by atoms with E-state index in [9.17, 15) is 18.0 Å². The van der Waals surface area contributed by atoms with Gasteiger partial charge in [0, 0.05) is 19.5 Å². The lowest BCUT2D eigenvalue weighted by atomic mass is 10.2. The van der Waals surface area contributed by atoms with Crippen LogP contribution in [0.5, 0.6) is 0 Å². The summed E-state index contributed by atoms with van der Waals surface area (Å²) in [5, 5.41) is 0. The van der Waals surface area contributed by atoms with Gasteiger partial charge in [-0.1, -0.05) is 0 Å². The Morgan fingerprint density at radius 3 is 2.50 bits per heavy atom. The third kappa shape index (κ3) is 4.29. The highest BCUT2D eigenvalue weighted by atomic mass is 32.2. The normalized spacial score (nSPS) is 21.6. The minimum absolute atomic E-state index is 0.0225. The standard InChI is InChI=1S/C11H19NO5S/c1-3-17-11(14)5-4-10(13)12(2)9-6-7-18(15,16)8-9/h9H,3-8H2,1-2H3. The van der Waals surface area contributed by atoms with E-state index in [1.54, 1.807) is 14.0 Å². The van der Waals surface area contributed by atoms with Gasteiger partial charge in [0.2, 0.25) is 5.91 Å². The molecule has 1 heterocycles. The van der Waals surface area contributed by atoms with E-state index in [4.69, 9.17) is 4.74 Å². The van der Waals surface area contributed by atoms with E-state index in [1.807, 2.05) is 0 Å². The van der Waals surface area contributed by atoms with Crippen molar-refractivity contribution in [3.8, 4) is 0 Å². The number of carbonyl (C=O) groups excluding carboxylic acids is 2. The molecule has 1 fully saturated rings. The first-order chi connectivity index (χ1) is 8.35. The molecule has 1 saturated heterocycles. The number of carbonyl (C=O) groups is 2. The number of nitrogens with zero attached hydrogens (tertiary/aromatic N) is 1. The lowest BCUT2D eigenvalue weighted by molar-refractivity contribution is -0.145. The van der Waals surface area contributed by atoms with Crippen LogP contribution >= 0.6 is 0 Å². The zero-order chi connectivity index (χ0) is 13.8. The number of rotatable bonds is 5. The Hall–Kier alpha value is -1.11. The minimum Gasteiger partial charge on any atom is -0.466 e. The zero-order valence-electron chi connectivity index (χ0n) is 10.7. The first-order valence-electron chi connectivity index (χ1n) is 5.97. The average molecular weight is 277 g/mol. The summed E-state index contributed by atoms with van der Waals surface area (Å²) in [7, 11) is -1.42. The average Bonchev–Trinajstić information content (AvgIpc) is 2.66. The van der Waals surface area contributed by atoms with Gasteiger partial charge in [0.25, 0.3) is 0 Å². The van der Waals surface area contributed by atoms with E-state index in [0.29, 0.717) is 13.0 Å². The minimum atomic E-state index is -3.00. The summed E-state index contributed by atoms with van der Waals surface area (Å²) < 4.78 is 27.3. The first-order valence-corrected chi connectivity index (χ1v) is 7.79. The molecule has 1 rings (SSSR count). The molecule has 1 aliphatic rings. The lowest BCUT2D eigenvalue weighted by Gasteiger charge is -2.23. The Kier molecular flexibility index (Phi) is 5.13. The van der Waals surface area contributed by atoms with Gasteiger partial charge in [-0.15, -0.1) is 0 Å². The second-order valence-electron chi connectivity index (χ2n) is 4.37. The Morgan fingerprint density at radius 1 is 1.33 bits per heavy atom. The van der Waals surface area contributed by atoms with Gasteiger partial charge in [-0.25, -0.2) is 8.42 Å². The molecule has 0 aliphatic carbocycles. The third-order valence-electron chi connectivity index (χ3n) is 3.00. The molecule has 0 bridgehead atoms. The van der Waals surface area contributed by atoms with Crippen LogP contribution < -0.4 is 0 Å². The molecule has 1 aliphatic heterocycles. The number of esters is 1. The van der Waals surface area contributed by atoms with Gasteiger partial charge in [-0.05, 0) is 13.3 Å². The molecule has 0 aromatic heterocycles. The van der Waals surface area contributed by atoms with Crippen LogP contribution in [-0.2, 0) is 24.2 Å². The smallest absolute Gasteiger partial charge is 0.306 e. The maximum absolute atomic E-state index is 11.8. The van der Waals surface area contributed by atoms with Crippen LogP contribution in [0.1, 0.15) is 26.2 Å². The Balaban J connectivity index is 2.40. The molecule has 104 valence electrons. The van der Waals surface area contributed by atoms with Crippen molar-refractivity contribution in [2.45, 2.75) is 32.2 Å². The maximum Gasteiger partial charge on any atom is 0.306 e. The first kappa shape index (κ1) is 14.9. The van der Waals surface area contributed by atoms with Crippen LogP contribution in [0.25, 0.3) is 0 Å². The fourth-order valence-corrected chi connectivity index (χ4v) is 3.68. The summed E-state index contributed by atoms with van der Waals surface area (Å²) in [6.07, 6.45) is 0.576. The third-order valence-corrected chi connectivity index (χ3v) is 4.75. The number of ether oxygens (including phenoxy) is 1. The molecule has 7 heteroatoms. The fourth-order valence-electron chi connectivity index (χ4n) is 1.90. The van der Waals surface area contributed by atoms with Gasteiger partial charge in [0.15, 0.2) is 9.84 Å². The summed E-state index contributed by atoms with van der Waals surface area (Å²) in [5.74, 6) is -0.467. The molecule has 1 amide bonds. The monoisotopic (exact) mass is 277 g/mol. The summed E-state index contributed by atoms with van der Waals surface area (Å²) in [6.45, 7) is 2.00. The van der Waals surface area contributed by atoms with Gasteiger partial charge in [0.1, 0.15) is 0 Å². The second-order valence-corrected chi connectivity index (χ2v) is 6.60. The lowest BCUT2D eigenvalue weighted by Crippen LogP contribution is -2.37. The summed E-state index contributed by atoms with van der Waals surface area (Å²) in [6, 6.07) is -0.260. The van der Waals surface area contributed by atoms with Crippen molar-refractivity contribution in [2.75, 3.05) is 25.2 Å². The number of amides is 1. The SMILES string of the molecule is CCOC(=O)CCC(=O)N(C)C1CCS(=O)(=O)C1. The van der Waals surface area contributed by atoms with Gasteiger partial charge >= 0.3 is 5.97 Å². The van der Waals surface area contributed by atoms with Gasteiger partial charge in [-0.2, -0.15) is 0 Å². The Bertz CT molecular complexity index is 417. The number of hydrogen-bond acceptors (Lipinski definition) is 5. The molecule has 18 heavy (non-hydrogen) atoms. The summed E-state index contributed by atoms with van der Waals surface area (Å²) in [5.41, 5.74) is 0. The zero-order valence-corrected chi connectivity index (χ0v) is 11.5. The van der Waals surface area contributed by atoms with Crippen molar-refractivity contribution in [3.05, 3.63) is 0 Å². The van der Waals surface area contributed by atoms with Crippen molar-refractivity contribution < 1.29 is 22.7 Å². The second kappa shape index (κ2) is 6.17. The van der Waals surface area contributed by atoms with Crippen LogP contribution in [0.15, 0.2) is 0 Å². The molecular formula is C11H19NO5S. The molecule has 0 spiro atoms. The van der Waals surface area contributed by atoms with Crippen molar-refractivity contribution in [1.82, 2.24) is 4.90 Å². The molecular weight excluding hydrogens is 258 g/mol. The van der Waals surface area contributed by atoms with Crippen molar-refractivity contribution >= 4 is 21.7 Å². The van der Waals surface area contributed by atoms with Crippen molar-refractivity contribution in [2.24, 2.45) is 0 Å². The highest BCUT2D eigenvalue weighted by Gasteiger charge is 2.32. The largest absolute Gasteiger partial charge is 0.466 e. The Morgan fingerprint density at radius 2 is 2.00 bits per heavy atom. The van der Waals surface area contributed by atoms with E-state index in [-0.39, 0.29) is 36.3 Å². The van der Waals surface area contributed by atoms with Crippen LogP contribution in [0.3, 0.4) is 0 Å². The van der Waals surface area contributed by atoms with E-state index in [1.165, 1.54) is 4.90 Å². The summed E-state index contributed by atoms with van der Waals surface area (Å²) >= 11 is 0. The number of sulfone groups is 1. The Labute approximate surface area is 107 Å². The molecule has 0 saturated carbocycles. The molecule has 6 nitrogen and oxygen atoms in total. The van der Waals surface area contributed by atoms with Crippen molar-refractivity contribution in [3.63, 3.8) is 0 Å². The van der Waals surface area contributed by atoms with Gasteiger partial charge in [0.05, 0.1) is 24.5 Å². The predicted octanol–water partition coefficient (Wildman–Crippen LogP) is -0.0248. The summed E-state index contributed by atoms with van der Waals surface area (Å²) in [4.78, 5) is 24.3. The fraction of sp³-hybridized carbons (Fsp3) is 0.818. The van der Waals surface area contributed by atoms with Crippen molar-refractivity contribution in [1.29, 1.82) is 0 Å². The quantitative estimate of drug-likeness (QED) is 0.659. The van der Waals surface area contributed by atoms with E-state index >= 15 is 0 Å². The van der Waals surface area contributed by atoms with E-state index < -0.39 is 15.8 Å². The van der Waals surface area contributed by atoms with Crippen LogP contribution in [0, 0.1) is 0 Å². The molecule has 0 aromatic rings. The van der Waals surface area contributed by atoms with E-state index in [0.717, 1.165) is 0 Å². The molecule has 0 aromatic carbocycles. The van der Waals surface area contributed by atoms with Crippen LogP contribution in [0.4, 0.5) is 0 Å².